The number of carbonyl (C=O) groups is 1. The van der Waals surface area contributed by atoms with Gasteiger partial charge in [-0.1, -0.05) is 18.5 Å². The highest BCUT2D eigenvalue weighted by Crippen LogP contribution is 2.18. The van der Waals surface area contributed by atoms with Gasteiger partial charge in [-0.15, -0.1) is 0 Å². The van der Waals surface area contributed by atoms with Crippen LogP contribution < -0.4 is 10.5 Å². The molecule has 0 fully saturated rings. The number of amides is 1. The molecule has 0 radical (unpaired) electrons. The summed E-state index contributed by atoms with van der Waals surface area (Å²) < 4.78 is 46.5. The van der Waals surface area contributed by atoms with Crippen molar-refractivity contribution < 1.29 is 21.6 Å². The Morgan fingerprint density at radius 3 is 2.35 bits per heavy atom. The van der Waals surface area contributed by atoms with Gasteiger partial charge in [-0.05, 0) is 30.7 Å². The fourth-order valence-corrected chi connectivity index (χ4v) is 3.79. The molecule has 0 unspecified atom stereocenters. The molecule has 0 atom stereocenters. The smallest absolute Gasteiger partial charge is 0.275 e. The van der Waals surface area contributed by atoms with Gasteiger partial charge in [0.2, 0.25) is 25.0 Å². The van der Waals surface area contributed by atoms with Gasteiger partial charge >= 0.3 is 0 Å². The third-order valence-electron chi connectivity index (χ3n) is 3.13. The van der Waals surface area contributed by atoms with Crippen LogP contribution in [0.25, 0.3) is 0 Å². The number of benzene rings is 1. The first-order chi connectivity index (χ1) is 12.0. The molecule has 9 nitrogen and oxygen atoms in total. The van der Waals surface area contributed by atoms with Crippen molar-refractivity contribution in [3.8, 4) is 0 Å². The SMILES string of the molecule is CCCS(=O)(=O)c1ncc(Cl)c(C(=O)Nc2ccc(S(N)(=O)=O)cc2)n1. The van der Waals surface area contributed by atoms with Crippen LogP contribution in [-0.2, 0) is 19.9 Å². The normalized spacial score (nSPS) is 12.0. The summed E-state index contributed by atoms with van der Waals surface area (Å²) in [4.78, 5) is 19.6. The van der Waals surface area contributed by atoms with Gasteiger partial charge in [-0.3, -0.25) is 4.79 Å². The number of nitrogens with one attached hydrogen (secondary N) is 1. The van der Waals surface area contributed by atoms with Crippen LogP contribution >= 0.6 is 11.6 Å². The maximum Gasteiger partial charge on any atom is 0.275 e. The molecule has 0 saturated heterocycles. The van der Waals surface area contributed by atoms with Gasteiger partial charge in [-0.25, -0.2) is 31.9 Å². The number of carbonyl (C=O) groups excluding carboxylic acids is 1. The van der Waals surface area contributed by atoms with Crippen molar-refractivity contribution in [2.75, 3.05) is 11.1 Å². The van der Waals surface area contributed by atoms with E-state index in [1.54, 1.807) is 6.92 Å². The number of rotatable bonds is 6. The quantitative estimate of drug-likeness (QED) is 0.669. The van der Waals surface area contributed by atoms with E-state index in [-0.39, 0.29) is 27.1 Å². The highest BCUT2D eigenvalue weighted by Gasteiger charge is 2.22. The third-order valence-corrected chi connectivity index (χ3v) is 6.03. The summed E-state index contributed by atoms with van der Waals surface area (Å²) in [5.74, 6) is -0.932. The molecule has 0 spiro atoms. The number of hydrogen-bond acceptors (Lipinski definition) is 7. The fraction of sp³-hybridized carbons (Fsp3) is 0.214. The van der Waals surface area contributed by atoms with E-state index < -0.39 is 30.9 Å². The monoisotopic (exact) mass is 418 g/mol. The topological polar surface area (TPSA) is 149 Å². The first-order valence-electron chi connectivity index (χ1n) is 7.24. The minimum Gasteiger partial charge on any atom is -0.321 e. The van der Waals surface area contributed by atoms with Crippen LogP contribution in [0.4, 0.5) is 5.69 Å². The molecular weight excluding hydrogens is 404 g/mol. The first-order valence-corrected chi connectivity index (χ1v) is 10.8. The van der Waals surface area contributed by atoms with Crippen molar-refractivity contribution in [1.29, 1.82) is 0 Å². The molecule has 12 heteroatoms. The Labute approximate surface area is 155 Å². The molecule has 1 amide bonds. The Bertz CT molecular complexity index is 1040. The van der Waals surface area contributed by atoms with Crippen LogP contribution in [0.5, 0.6) is 0 Å². The van der Waals surface area contributed by atoms with Crippen molar-refractivity contribution in [2.45, 2.75) is 23.4 Å². The van der Waals surface area contributed by atoms with E-state index in [9.17, 15) is 21.6 Å². The number of nitrogens with two attached hydrogens (primary N) is 1. The standard InChI is InChI=1S/C14H15ClN4O5S2/c1-2-7-25(21,22)14-17-8-11(15)12(19-14)13(20)18-9-3-5-10(6-4-9)26(16,23)24/h3-6,8H,2,7H2,1H3,(H,18,20)(H2,16,23,24). The van der Waals surface area contributed by atoms with Crippen LogP contribution in [0.2, 0.25) is 5.02 Å². The van der Waals surface area contributed by atoms with Crippen molar-refractivity contribution in [1.82, 2.24) is 9.97 Å². The van der Waals surface area contributed by atoms with Crippen molar-refractivity contribution in [3.63, 3.8) is 0 Å². The maximum absolute atomic E-state index is 12.3. The number of halogens is 1. The number of primary sulfonamides is 1. The molecule has 3 N–H and O–H groups in total. The lowest BCUT2D eigenvalue weighted by molar-refractivity contribution is 0.102. The van der Waals surface area contributed by atoms with E-state index in [4.69, 9.17) is 16.7 Å². The third kappa shape index (κ3) is 4.75. The molecule has 0 aliphatic rings. The molecule has 2 rings (SSSR count). The van der Waals surface area contributed by atoms with E-state index in [2.05, 4.69) is 15.3 Å². The lowest BCUT2D eigenvalue weighted by atomic mass is 10.3. The Hall–Kier alpha value is -2.08. The van der Waals surface area contributed by atoms with Gasteiger partial charge in [0.1, 0.15) is 0 Å². The van der Waals surface area contributed by atoms with Crippen LogP contribution in [0, 0.1) is 0 Å². The molecule has 1 aromatic carbocycles. The van der Waals surface area contributed by atoms with Crippen molar-refractivity contribution in [2.24, 2.45) is 5.14 Å². The lowest BCUT2D eigenvalue weighted by Gasteiger charge is -2.08. The molecule has 2 aromatic rings. The highest BCUT2D eigenvalue weighted by molar-refractivity contribution is 7.91. The summed E-state index contributed by atoms with van der Waals surface area (Å²) in [6.45, 7) is 1.69. The van der Waals surface area contributed by atoms with Gasteiger partial charge in [0.05, 0.1) is 21.9 Å². The zero-order valence-electron chi connectivity index (χ0n) is 13.5. The van der Waals surface area contributed by atoms with E-state index in [1.165, 1.54) is 24.3 Å². The summed E-state index contributed by atoms with van der Waals surface area (Å²) >= 11 is 5.89. The van der Waals surface area contributed by atoms with Crippen LogP contribution in [-0.4, -0.2) is 38.5 Å². The number of sulfonamides is 1. The molecule has 140 valence electrons. The van der Waals surface area contributed by atoms with E-state index in [0.29, 0.717) is 6.42 Å². The summed E-state index contributed by atoms with van der Waals surface area (Å²) in [6, 6.07) is 5.07. The Balaban J connectivity index is 2.30. The largest absolute Gasteiger partial charge is 0.321 e. The lowest BCUT2D eigenvalue weighted by Crippen LogP contribution is -2.18. The molecule has 0 bridgehead atoms. The molecule has 26 heavy (non-hydrogen) atoms. The molecule has 1 aromatic heterocycles. The molecular formula is C14H15ClN4O5S2. The maximum atomic E-state index is 12.3. The van der Waals surface area contributed by atoms with Crippen LogP contribution in [0.1, 0.15) is 23.8 Å². The number of sulfone groups is 1. The average Bonchev–Trinajstić information content (AvgIpc) is 2.54. The summed E-state index contributed by atoms with van der Waals surface area (Å²) in [7, 11) is -7.57. The second-order valence-corrected chi connectivity index (χ2v) is 9.16. The molecule has 0 saturated carbocycles. The van der Waals surface area contributed by atoms with E-state index >= 15 is 0 Å². The highest BCUT2D eigenvalue weighted by atomic mass is 35.5. The summed E-state index contributed by atoms with van der Waals surface area (Å²) in [6.07, 6.45) is 1.41. The summed E-state index contributed by atoms with van der Waals surface area (Å²) in [5, 5.41) is 6.83. The number of aromatic nitrogens is 2. The van der Waals surface area contributed by atoms with Gasteiger partial charge in [0, 0.05) is 5.69 Å². The fourth-order valence-electron chi connectivity index (χ4n) is 1.94. The van der Waals surface area contributed by atoms with E-state index in [0.717, 1.165) is 6.20 Å². The second-order valence-electron chi connectivity index (χ2n) is 5.19. The van der Waals surface area contributed by atoms with Crippen molar-refractivity contribution >= 4 is 43.1 Å². The summed E-state index contributed by atoms with van der Waals surface area (Å²) in [5.41, 5.74) is -0.0677. The van der Waals surface area contributed by atoms with Gasteiger partial charge < -0.3 is 5.32 Å². The number of anilines is 1. The average molecular weight is 419 g/mol. The molecule has 0 aliphatic heterocycles. The predicted molar refractivity (Wildman–Crippen MR) is 95.2 cm³/mol. The zero-order chi connectivity index (χ0) is 19.5. The Kier molecular flexibility index (Phi) is 5.96. The zero-order valence-corrected chi connectivity index (χ0v) is 15.9. The number of hydrogen-bond donors (Lipinski definition) is 2. The minimum atomic E-state index is -3.86. The number of nitrogens with zero attached hydrogens (tertiary/aromatic N) is 2. The predicted octanol–water partition coefficient (Wildman–Crippen LogP) is 1.21. The Morgan fingerprint density at radius 1 is 1.19 bits per heavy atom. The van der Waals surface area contributed by atoms with E-state index in [1.807, 2.05) is 0 Å². The molecule has 1 heterocycles. The van der Waals surface area contributed by atoms with Crippen LogP contribution in [0.15, 0.2) is 40.5 Å². The van der Waals surface area contributed by atoms with Crippen LogP contribution in [0.3, 0.4) is 0 Å². The second kappa shape index (κ2) is 7.66. The molecule has 0 aliphatic carbocycles. The Morgan fingerprint density at radius 2 is 1.81 bits per heavy atom. The minimum absolute atomic E-state index is 0.122. The van der Waals surface area contributed by atoms with Gasteiger partial charge in [0.25, 0.3) is 5.91 Å². The van der Waals surface area contributed by atoms with Crippen molar-refractivity contribution in [3.05, 3.63) is 41.2 Å². The first kappa shape index (κ1) is 20.2. The van der Waals surface area contributed by atoms with Gasteiger partial charge in [0.15, 0.2) is 5.69 Å². The van der Waals surface area contributed by atoms with Gasteiger partial charge in [-0.2, -0.15) is 0 Å².